The van der Waals surface area contributed by atoms with Gasteiger partial charge in [-0.2, -0.15) is 0 Å². The van der Waals surface area contributed by atoms with Crippen LogP contribution in [-0.2, 0) is 41.2 Å². The van der Waals surface area contributed by atoms with Crippen molar-refractivity contribution >= 4 is 25.8 Å². The molecular formula is C32H35N2O9P. The van der Waals surface area contributed by atoms with E-state index in [4.69, 9.17) is 18.5 Å². The van der Waals surface area contributed by atoms with Crippen molar-refractivity contribution in [2.45, 2.75) is 51.3 Å². The Kier molecular flexibility index (Phi) is 9.39. The summed E-state index contributed by atoms with van der Waals surface area (Å²) in [6.45, 7) is 3.67. The van der Waals surface area contributed by atoms with Crippen LogP contribution in [0.15, 0.2) is 66.7 Å². The SMILES string of the molecule is CC[C@H](C)[C@H](NC(=O)OCC1c2ccccc2-c2ccccc21)C(=O)N[C@@H](Cc1ccc2c(c1)COP(=O)(O)O2)C(=O)OC. The number of esters is 1. The highest BCUT2D eigenvalue weighted by molar-refractivity contribution is 7.47. The minimum Gasteiger partial charge on any atom is -0.467 e. The molecule has 0 spiro atoms. The normalized spacial score (nSPS) is 18.8. The molecule has 4 atom stereocenters. The van der Waals surface area contributed by atoms with Gasteiger partial charge >= 0.3 is 19.9 Å². The van der Waals surface area contributed by atoms with Crippen molar-refractivity contribution < 1.29 is 42.4 Å². The maximum atomic E-state index is 13.5. The fraction of sp³-hybridized carbons (Fsp3) is 0.344. The van der Waals surface area contributed by atoms with E-state index in [1.54, 1.807) is 12.1 Å². The molecular weight excluding hydrogens is 587 g/mol. The molecule has 3 aromatic rings. The number of hydrogen-bond acceptors (Lipinski definition) is 8. The maximum Gasteiger partial charge on any atom is 0.527 e. The Morgan fingerprint density at radius 1 is 1.02 bits per heavy atom. The van der Waals surface area contributed by atoms with Gasteiger partial charge in [0.05, 0.1) is 13.7 Å². The van der Waals surface area contributed by atoms with Gasteiger partial charge in [0.25, 0.3) is 0 Å². The zero-order valence-corrected chi connectivity index (χ0v) is 25.5. The number of alkyl carbamates (subject to hydrolysis) is 1. The van der Waals surface area contributed by atoms with E-state index in [0.717, 1.165) is 22.3 Å². The minimum absolute atomic E-state index is 0.0562. The summed E-state index contributed by atoms with van der Waals surface area (Å²) in [6.07, 6.45) is -0.108. The Morgan fingerprint density at radius 2 is 1.68 bits per heavy atom. The predicted octanol–water partition coefficient (Wildman–Crippen LogP) is 4.85. The molecule has 0 saturated heterocycles. The molecule has 44 heavy (non-hydrogen) atoms. The third-order valence-electron chi connectivity index (χ3n) is 8.08. The highest BCUT2D eigenvalue weighted by Crippen LogP contribution is 2.50. The van der Waals surface area contributed by atoms with Gasteiger partial charge in [-0.3, -0.25) is 14.2 Å². The topological polar surface area (TPSA) is 149 Å². The van der Waals surface area contributed by atoms with E-state index in [0.29, 0.717) is 17.5 Å². The Morgan fingerprint density at radius 3 is 2.32 bits per heavy atom. The van der Waals surface area contributed by atoms with E-state index in [-0.39, 0.29) is 37.2 Å². The number of carbonyl (C=O) groups excluding carboxylic acids is 3. The lowest BCUT2D eigenvalue weighted by Gasteiger charge is -2.26. The molecule has 0 radical (unpaired) electrons. The van der Waals surface area contributed by atoms with Gasteiger partial charge in [0.2, 0.25) is 5.91 Å². The minimum atomic E-state index is -4.15. The summed E-state index contributed by atoms with van der Waals surface area (Å²) in [6, 6.07) is 18.8. The first-order valence-corrected chi connectivity index (χ1v) is 15.9. The lowest BCUT2D eigenvalue weighted by atomic mass is 9.97. The van der Waals surface area contributed by atoms with Crippen LogP contribution in [0.4, 0.5) is 4.79 Å². The number of benzene rings is 3. The average Bonchev–Trinajstić information content (AvgIpc) is 3.34. The summed E-state index contributed by atoms with van der Waals surface area (Å²) in [5.74, 6) is -1.44. The molecule has 0 bridgehead atoms. The van der Waals surface area contributed by atoms with Crippen molar-refractivity contribution in [1.29, 1.82) is 0 Å². The molecule has 232 valence electrons. The average molecular weight is 623 g/mol. The number of fused-ring (bicyclic) bond motifs is 4. The number of carbonyl (C=O) groups is 3. The van der Waals surface area contributed by atoms with Gasteiger partial charge in [-0.25, -0.2) is 14.2 Å². The zero-order valence-electron chi connectivity index (χ0n) is 24.6. The fourth-order valence-electron chi connectivity index (χ4n) is 5.57. The van der Waals surface area contributed by atoms with Crippen LogP contribution < -0.4 is 15.2 Å². The third kappa shape index (κ3) is 6.80. The Bertz CT molecular complexity index is 1560. The van der Waals surface area contributed by atoms with Crippen molar-refractivity contribution in [1.82, 2.24) is 10.6 Å². The highest BCUT2D eigenvalue weighted by atomic mass is 31.2. The summed E-state index contributed by atoms with van der Waals surface area (Å²) < 4.78 is 32.1. The van der Waals surface area contributed by atoms with Crippen molar-refractivity contribution in [3.05, 3.63) is 89.0 Å². The maximum absolute atomic E-state index is 13.5. The predicted molar refractivity (Wildman–Crippen MR) is 161 cm³/mol. The number of amides is 2. The lowest BCUT2D eigenvalue weighted by Crippen LogP contribution is -2.54. The van der Waals surface area contributed by atoms with Crippen LogP contribution in [0, 0.1) is 5.92 Å². The Balaban J connectivity index is 1.25. The molecule has 1 unspecified atom stereocenters. The summed E-state index contributed by atoms with van der Waals surface area (Å²) in [4.78, 5) is 48.8. The first-order valence-electron chi connectivity index (χ1n) is 14.4. The number of phosphoric acid groups is 1. The van der Waals surface area contributed by atoms with Crippen molar-refractivity contribution in [2.75, 3.05) is 13.7 Å². The number of ether oxygens (including phenoxy) is 2. The molecule has 2 aliphatic rings. The number of phosphoric ester groups is 1. The Labute approximate surface area is 255 Å². The summed E-state index contributed by atoms with van der Waals surface area (Å²) in [7, 11) is -2.93. The van der Waals surface area contributed by atoms with E-state index < -0.39 is 37.9 Å². The van der Waals surface area contributed by atoms with E-state index >= 15 is 0 Å². The molecule has 0 aromatic heterocycles. The van der Waals surface area contributed by atoms with Crippen molar-refractivity contribution in [2.24, 2.45) is 5.92 Å². The first-order chi connectivity index (χ1) is 21.1. The number of hydrogen-bond donors (Lipinski definition) is 3. The molecule has 1 aliphatic heterocycles. The van der Waals surface area contributed by atoms with Gasteiger partial charge in [0.15, 0.2) is 0 Å². The quantitative estimate of drug-likeness (QED) is 0.213. The molecule has 12 heteroatoms. The van der Waals surface area contributed by atoms with Gasteiger partial charge in [0.1, 0.15) is 24.4 Å². The van der Waals surface area contributed by atoms with Gasteiger partial charge < -0.3 is 24.6 Å². The second-order valence-electron chi connectivity index (χ2n) is 10.9. The summed E-state index contributed by atoms with van der Waals surface area (Å²) in [5, 5.41) is 5.43. The van der Waals surface area contributed by atoms with E-state index in [1.807, 2.05) is 62.4 Å². The van der Waals surface area contributed by atoms with Crippen LogP contribution in [0.3, 0.4) is 0 Å². The molecule has 0 saturated carbocycles. The molecule has 3 N–H and O–H groups in total. The first kappa shape index (κ1) is 31.3. The van der Waals surface area contributed by atoms with Crippen LogP contribution in [0.2, 0.25) is 0 Å². The zero-order chi connectivity index (χ0) is 31.4. The van der Waals surface area contributed by atoms with Crippen molar-refractivity contribution in [3.63, 3.8) is 0 Å². The summed E-state index contributed by atoms with van der Waals surface area (Å²) in [5.41, 5.74) is 5.51. The Hall–Kier alpha value is -4.18. The van der Waals surface area contributed by atoms with Gasteiger partial charge in [0, 0.05) is 17.9 Å². The molecule has 1 heterocycles. The van der Waals surface area contributed by atoms with Gasteiger partial charge in [-0.15, -0.1) is 0 Å². The standard InChI is InChI=1S/C32H35N2O9P/c1-4-19(2)29(34-32(37)41-18-26-24-11-7-5-9-22(24)23-10-6-8-12-25(23)26)30(35)33-27(31(36)40-3)16-20-13-14-28-21(15-20)17-42-44(38,39)43-28/h5-15,19,26-27,29H,4,16-18H2,1-3H3,(H,33,35)(H,34,37)(H,38,39)/t19-,27-,29-/m0/s1. The van der Waals surface area contributed by atoms with Crippen LogP contribution in [-0.4, -0.2) is 48.7 Å². The van der Waals surface area contributed by atoms with E-state index in [2.05, 4.69) is 10.6 Å². The van der Waals surface area contributed by atoms with Crippen LogP contribution in [0.5, 0.6) is 5.75 Å². The smallest absolute Gasteiger partial charge is 0.467 e. The molecule has 11 nitrogen and oxygen atoms in total. The van der Waals surface area contributed by atoms with Crippen molar-refractivity contribution in [3.8, 4) is 16.9 Å². The van der Waals surface area contributed by atoms with E-state index in [1.165, 1.54) is 13.2 Å². The lowest BCUT2D eigenvalue weighted by molar-refractivity contribution is -0.145. The molecule has 1 aliphatic carbocycles. The molecule has 5 rings (SSSR count). The van der Waals surface area contributed by atoms with Crippen LogP contribution >= 0.6 is 7.82 Å². The van der Waals surface area contributed by atoms with E-state index in [9.17, 15) is 23.8 Å². The largest absolute Gasteiger partial charge is 0.527 e. The second kappa shape index (κ2) is 13.2. The van der Waals surface area contributed by atoms with Crippen LogP contribution in [0.1, 0.15) is 48.4 Å². The van der Waals surface area contributed by atoms with Gasteiger partial charge in [-0.1, -0.05) is 74.9 Å². The molecule has 0 fully saturated rings. The fourth-order valence-corrected chi connectivity index (χ4v) is 6.35. The summed E-state index contributed by atoms with van der Waals surface area (Å²) >= 11 is 0. The number of methoxy groups -OCH3 is 1. The number of rotatable bonds is 10. The third-order valence-corrected chi connectivity index (χ3v) is 8.96. The second-order valence-corrected chi connectivity index (χ2v) is 12.3. The molecule has 2 amide bonds. The molecule has 3 aromatic carbocycles. The highest BCUT2D eigenvalue weighted by Gasteiger charge is 2.34. The van der Waals surface area contributed by atoms with Gasteiger partial charge in [-0.05, 0) is 45.9 Å². The number of nitrogens with one attached hydrogen (secondary N) is 2. The van der Waals surface area contributed by atoms with Crippen LogP contribution in [0.25, 0.3) is 11.1 Å². The monoisotopic (exact) mass is 622 g/mol.